The molecule has 0 spiro atoms. The van der Waals surface area contributed by atoms with E-state index in [1.54, 1.807) is 6.92 Å². The lowest BCUT2D eigenvalue weighted by molar-refractivity contribution is -0.938. The Morgan fingerprint density at radius 1 is 1.18 bits per heavy atom. The molecular formula is C18H28INO2. The van der Waals surface area contributed by atoms with Crippen LogP contribution in [0.25, 0.3) is 0 Å². The van der Waals surface area contributed by atoms with E-state index in [-0.39, 0.29) is 29.9 Å². The summed E-state index contributed by atoms with van der Waals surface area (Å²) in [7, 11) is 0. The minimum Gasteiger partial charge on any atom is -1.00 e. The molecule has 0 amide bonds. The van der Waals surface area contributed by atoms with Crippen LogP contribution in [0.15, 0.2) is 42.5 Å². The van der Waals surface area contributed by atoms with Gasteiger partial charge in [0, 0.05) is 17.6 Å². The van der Waals surface area contributed by atoms with Crippen molar-refractivity contribution >= 4 is 5.97 Å². The second kappa shape index (κ2) is 10.8. The SMILES string of the molecule is C=C(C)C(=O)OCCC[N+](CC)(CC)Cc1ccccc1.[I-]. The molecule has 1 aromatic carbocycles. The van der Waals surface area contributed by atoms with Crippen LogP contribution in [0.1, 0.15) is 32.8 Å². The predicted molar refractivity (Wildman–Crippen MR) is 86.7 cm³/mol. The molecule has 3 nitrogen and oxygen atoms in total. The average Bonchev–Trinajstić information content (AvgIpc) is 2.51. The fourth-order valence-electron chi connectivity index (χ4n) is 2.50. The summed E-state index contributed by atoms with van der Waals surface area (Å²) < 4.78 is 6.21. The Morgan fingerprint density at radius 2 is 1.77 bits per heavy atom. The van der Waals surface area contributed by atoms with Gasteiger partial charge in [0.1, 0.15) is 6.54 Å². The van der Waals surface area contributed by atoms with E-state index in [4.69, 9.17) is 4.74 Å². The van der Waals surface area contributed by atoms with E-state index in [1.165, 1.54) is 5.56 Å². The Bertz CT molecular complexity index is 455. The molecule has 0 aromatic heterocycles. The summed E-state index contributed by atoms with van der Waals surface area (Å²) in [5.41, 5.74) is 1.83. The van der Waals surface area contributed by atoms with Crippen molar-refractivity contribution in [3.63, 3.8) is 0 Å². The van der Waals surface area contributed by atoms with E-state index in [1.807, 2.05) is 6.07 Å². The van der Waals surface area contributed by atoms with E-state index >= 15 is 0 Å². The van der Waals surface area contributed by atoms with Crippen molar-refractivity contribution in [1.29, 1.82) is 0 Å². The van der Waals surface area contributed by atoms with Gasteiger partial charge in [-0.05, 0) is 20.8 Å². The molecule has 0 aliphatic rings. The molecule has 0 bridgehead atoms. The van der Waals surface area contributed by atoms with Crippen LogP contribution in [-0.4, -0.2) is 36.7 Å². The van der Waals surface area contributed by atoms with E-state index in [9.17, 15) is 4.79 Å². The third-order valence-corrected chi connectivity index (χ3v) is 4.06. The highest BCUT2D eigenvalue weighted by Crippen LogP contribution is 2.15. The molecular weight excluding hydrogens is 389 g/mol. The monoisotopic (exact) mass is 417 g/mol. The molecule has 0 fully saturated rings. The molecule has 0 heterocycles. The largest absolute Gasteiger partial charge is 1.00 e. The fraction of sp³-hybridized carbons (Fsp3) is 0.500. The topological polar surface area (TPSA) is 26.3 Å². The predicted octanol–water partition coefficient (Wildman–Crippen LogP) is 0.557. The molecule has 0 aliphatic carbocycles. The van der Waals surface area contributed by atoms with Crippen molar-refractivity contribution in [3.05, 3.63) is 48.0 Å². The second-order valence-corrected chi connectivity index (χ2v) is 5.61. The number of rotatable bonds is 9. The number of nitrogens with zero attached hydrogens (tertiary/aromatic N) is 1. The minimum absolute atomic E-state index is 0. The highest BCUT2D eigenvalue weighted by molar-refractivity contribution is 5.86. The highest BCUT2D eigenvalue weighted by atomic mass is 127. The Hall–Kier alpha value is -0.880. The minimum atomic E-state index is -0.288. The lowest BCUT2D eigenvalue weighted by Crippen LogP contribution is -3.00. The van der Waals surface area contributed by atoms with Crippen molar-refractivity contribution in [3.8, 4) is 0 Å². The first-order valence-corrected chi connectivity index (χ1v) is 7.74. The van der Waals surface area contributed by atoms with Gasteiger partial charge in [-0.1, -0.05) is 36.9 Å². The summed E-state index contributed by atoms with van der Waals surface area (Å²) in [6.45, 7) is 14.4. The van der Waals surface area contributed by atoms with Crippen LogP contribution >= 0.6 is 0 Å². The standard InChI is InChI=1S/C18H28NO2.HI/c1-5-19(6-2,15-17-11-8-7-9-12-17)13-10-14-21-18(20)16(3)4;/h7-9,11-12H,3,5-6,10,13-15H2,1-2,4H3;1H/q+1;/p-1. The first kappa shape index (κ1) is 21.1. The maximum atomic E-state index is 11.4. The Labute approximate surface area is 152 Å². The van der Waals surface area contributed by atoms with Crippen LogP contribution in [0.5, 0.6) is 0 Å². The maximum absolute atomic E-state index is 11.4. The lowest BCUT2D eigenvalue weighted by Gasteiger charge is -2.37. The van der Waals surface area contributed by atoms with Gasteiger partial charge in [0.05, 0.1) is 26.2 Å². The first-order valence-electron chi connectivity index (χ1n) is 7.74. The molecule has 0 radical (unpaired) electrons. The molecule has 0 saturated heterocycles. The second-order valence-electron chi connectivity index (χ2n) is 5.61. The Kier molecular flexibility index (Phi) is 10.3. The zero-order valence-electron chi connectivity index (χ0n) is 14.0. The summed E-state index contributed by atoms with van der Waals surface area (Å²) >= 11 is 0. The number of ether oxygens (including phenoxy) is 1. The van der Waals surface area contributed by atoms with Gasteiger partial charge in [-0.25, -0.2) is 4.79 Å². The van der Waals surface area contributed by atoms with Crippen LogP contribution in [0.2, 0.25) is 0 Å². The van der Waals surface area contributed by atoms with Crippen LogP contribution in [0, 0.1) is 0 Å². The molecule has 0 unspecified atom stereocenters. The zero-order chi connectivity index (χ0) is 15.7. The number of carbonyl (C=O) groups is 1. The molecule has 124 valence electrons. The van der Waals surface area contributed by atoms with Gasteiger partial charge in [-0.2, -0.15) is 0 Å². The lowest BCUT2D eigenvalue weighted by atomic mass is 10.1. The molecule has 0 aliphatic heterocycles. The number of carbonyl (C=O) groups excluding carboxylic acids is 1. The number of hydrogen-bond donors (Lipinski definition) is 0. The molecule has 1 aromatic rings. The van der Waals surface area contributed by atoms with Crippen molar-refractivity contribution < 1.29 is 38.0 Å². The molecule has 0 saturated carbocycles. The van der Waals surface area contributed by atoms with E-state index in [0.717, 1.165) is 37.1 Å². The number of esters is 1. The number of quaternary nitrogens is 1. The summed E-state index contributed by atoms with van der Waals surface area (Å²) in [5.74, 6) is -0.288. The first-order chi connectivity index (χ1) is 10.0. The summed E-state index contributed by atoms with van der Waals surface area (Å²) in [4.78, 5) is 11.4. The molecule has 0 N–H and O–H groups in total. The van der Waals surface area contributed by atoms with E-state index in [0.29, 0.717) is 12.2 Å². The van der Waals surface area contributed by atoms with Crippen LogP contribution in [0.4, 0.5) is 0 Å². The Morgan fingerprint density at radius 3 is 2.27 bits per heavy atom. The molecule has 1 rings (SSSR count). The molecule has 22 heavy (non-hydrogen) atoms. The quantitative estimate of drug-likeness (QED) is 0.193. The number of benzene rings is 1. The smallest absolute Gasteiger partial charge is 0.333 e. The van der Waals surface area contributed by atoms with Crippen molar-refractivity contribution in [2.24, 2.45) is 0 Å². The van der Waals surface area contributed by atoms with Crippen molar-refractivity contribution in [1.82, 2.24) is 0 Å². The summed E-state index contributed by atoms with van der Waals surface area (Å²) in [5, 5.41) is 0. The summed E-state index contributed by atoms with van der Waals surface area (Å²) in [6.07, 6.45) is 0.882. The number of hydrogen-bond acceptors (Lipinski definition) is 2. The Balaban J connectivity index is 0.00000441. The number of halogens is 1. The van der Waals surface area contributed by atoms with Crippen molar-refractivity contribution in [2.45, 2.75) is 33.7 Å². The van der Waals surface area contributed by atoms with Gasteiger partial charge in [-0.3, -0.25) is 0 Å². The van der Waals surface area contributed by atoms with Crippen LogP contribution in [0.3, 0.4) is 0 Å². The van der Waals surface area contributed by atoms with E-state index in [2.05, 4.69) is 44.7 Å². The third kappa shape index (κ3) is 6.92. The molecule has 0 atom stereocenters. The zero-order valence-corrected chi connectivity index (χ0v) is 16.1. The highest BCUT2D eigenvalue weighted by Gasteiger charge is 2.23. The maximum Gasteiger partial charge on any atom is 0.333 e. The normalized spacial score (nSPS) is 10.7. The van der Waals surface area contributed by atoms with Gasteiger partial charge in [0.15, 0.2) is 0 Å². The van der Waals surface area contributed by atoms with Gasteiger partial charge in [0.25, 0.3) is 0 Å². The van der Waals surface area contributed by atoms with Crippen LogP contribution in [-0.2, 0) is 16.1 Å². The average molecular weight is 417 g/mol. The van der Waals surface area contributed by atoms with Crippen molar-refractivity contribution in [2.75, 3.05) is 26.2 Å². The third-order valence-electron chi connectivity index (χ3n) is 4.06. The van der Waals surface area contributed by atoms with Gasteiger partial charge in [-0.15, -0.1) is 0 Å². The van der Waals surface area contributed by atoms with Crippen LogP contribution < -0.4 is 24.0 Å². The van der Waals surface area contributed by atoms with Gasteiger partial charge >= 0.3 is 5.97 Å². The summed E-state index contributed by atoms with van der Waals surface area (Å²) in [6, 6.07) is 10.6. The van der Waals surface area contributed by atoms with E-state index < -0.39 is 0 Å². The van der Waals surface area contributed by atoms with Gasteiger partial charge in [0.2, 0.25) is 0 Å². The fourth-order valence-corrected chi connectivity index (χ4v) is 2.50. The van der Waals surface area contributed by atoms with Gasteiger partial charge < -0.3 is 33.2 Å². The molecule has 4 heteroatoms.